The molecule has 0 fully saturated rings. The highest BCUT2D eigenvalue weighted by molar-refractivity contribution is 5.91. The molecule has 176 valence electrons. The highest BCUT2D eigenvalue weighted by atomic mass is 19.4. The Hall–Kier alpha value is -4.34. The van der Waals surface area contributed by atoms with Crippen LogP contribution in [0.25, 0.3) is 39.3 Å². The first-order valence-corrected chi connectivity index (χ1v) is 10.3. The topological polar surface area (TPSA) is 63.1 Å². The van der Waals surface area contributed by atoms with Crippen LogP contribution in [0.15, 0.2) is 71.7 Å². The lowest BCUT2D eigenvalue weighted by Gasteiger charge is -2.09. The van der Waals surface area contributed by atoms with E-state index in [1.165, 1.54) is 19.1 Å². The van der Waals surface area contributed by atoms with Crippen LogP contribution in [0.3, 0.4) is 0 Å². The van der Waals surface area contributed by atoms with Crippen molar-refractivity contribution in [3.63, 3.8) is 0 Å². The van der Waals surface area contributed by atoms with Crippen LogP contribution in [0.4, 0.5) is 22.0 Å². The predicted molar refractivity (Wildman–Crippen MR) is 120 cm³/mol. The second kappa shape index (κ2) is 8.15. The maximum atomic E-state index is 14.9. The molecule has 0 spiro atoms. The second-order valence-electron chi connectivity index (χ2n) is 7.83. The van der Waals surface area contributed by atoms with E-state index in [1.54, 1.807) is 30.3 Å². The average Bonchev–Trinajstić information content (AvgIpc) is 3.21. The molecule has 2 aromatic carbocycles. The van der Waals surface area contributed by atoms with Crippen LogP contribution in [0.5, 0.6) is 0 Å². The van der Waals surface area contributed by atoms with Gasteiger partial charge in [-0.05, 0) is 31.2 Å². The Balaban J connectivity index is 1.83. The number of aromatic nitrogens is 4. The maximum Gasteiger partial charge on any atom is 0.433 e. The molecule has 0 aliphatic carbocycles. The molecule has 0 aliphatic heterocycles. The zero-order valence-corrected chi connectivity index (χ0v) is 18.0. The van der Waals surface area contributed by atoms with Crippen LogP contribution >= 0.6 is 0 Å². The molecule has 5 nitrogen and oxygen atoms in total. The van der Waals surface area contributed by atoms with Crippen molar-refractivity contribution in [3.8, 4) is 33.6 Å². The van der Waals surface area contributed by atoms with E-state index in [2.05, 4.69) is 15.1 Å². The molecule has 10 heteroatoms. The van der Waals surface area contributed by atoms with E-state index in [0.29, 0.717) is 11.3 Å². The largest absolute Gasteiger partial charge is 0.433 e. The molecular formula is C25H15F5N4O. The summed E-state index contributed by atoms with van der Waals surface area (Å²) in [4.78, 5) is 21.2. The molecule has 0 saturated carbocycles. The summed E-state index contributed by atoms with van der Waals surface area (Å²) in [5.74, 6) is -1.64. The van der Waals surface area contributed by atoms with Crippen LogP contribution in [-0.2, 0) is 6.18 Å². The number of alkyl halides is 3. The van der Waals surface area contributed by atoms with Gasteiger partial charge in [-0.15, -0.1) is 0 Å². The van der Waals surface area contributed by atoms with E-state index in [0.717, 1.165) is 28.9 Å². The van der Waals surface area contributed by atoms with E-state index in [4.69, 9.17) is 0 Å². The number of benzene rings is 2. The van der Waals surface area contributed by atoms with Crippen molar-refractivity contribution in [2.45, 2.75) is 13.1 Å². The lowest BCUT2D eigenvalue weighted by molar-refractivity contribution is -0.141. The van der Waals surface area contributed by atoms with Gasteiger partial charge >= 0.3 is 6.18 Å². The van der Waals surface area contributed by atoms with Gasteiger partial charge in [0.15, 0.2) is 5.65 Å². The van der Waals surface area contributed by atoms with Gasteiger partial charge in [-0.1, -0.05) is 30.3 Å². The molecule has 35 heavy (non-hydrogen) atoms. The van der Waals surface area contributed by atoms with E-state index >= 15 is 0 Å². The van der Waals surface area contributed by atoms with Crippen molar-refractivity contribution in [3.05, 3.63) is 100 Å². The summed E-state index contributed by atoms with van der Waals surface area (Å²) < 4.78 is 68.5. The monoisotopic (exact) mass is 482 g/mol. The summed E-state index contributed by atoms with van der Waals surface area (Å²) in [7, 11) is 0. The third-order valence-corrected chi connectivity index (χ3v) is 5.60. The third-order valence-electron chi connectivity index (χ3n) is 5.60. The predicted octanol–water partition coefficient (Wildman–Crippen LogP) is 6.02. The first kappa shape index (κ1) is 22.5. The van der Waals surface area contributed by atoms with Crippen LogP contribution < -0.4 is 5.56 Å². The molecule has 3 aromatic heterocycles. The Labute approximate surface area is 194 Å². The number of nitrogens with one attached hydrogen (secondary N) is 1. The minimum absolute atomic E-state index is 0.00347. The van der Waals surface area contributed by atoms with Gasteiger partial charge in [0.05, 0.1) is 17.0 Å². The molecule has 0 saturated heterocycles. The Bertz CT molecular complexity index is 1620. The van der Waals surface area contributed by atoms with Gasteiger partial charge in [0.2, 0.25) is 0 Å². The summed E-state index contributed by atoms with van der Waals surface area (Å²) in [6.45, 7) is 1.48. The van der Waals surface area contributed by atoms with Crippen LogP contribution in [0, 0.1) is 18.6 Å². The van der Waals surface area contributed by atoms with Gasteiger partial charge in [-0.2, -0.15) is 13.2 Å². The number of rotatable bonds is 3. The number of hydrogen-bond acceptors (Lipinski definition) is 3. The van der Waals surface area contributed by atoms with Gasteiger partial charge in [0.1, 0.15) is 17.3 Å². The number of fused-ring (bicyclic) bond motifs is 1. The first-order chi connectivity index (χ1) is 16.6. The van der Waals surface area contributed by atoms with Crippen molar-refractivity contribution < 1.29 is 22.0 Å². The van der Waals surface area contributed by atoms with Crippen LogP contribution in [0.2, 0.25) is 0 Å². The molecule has 0 radical (unpaired) electrons. The number of aromatic amines is 1. The summed E-state index contributed by atoms with van der Waals surface area (Å²) in [5.41, 5.74) is 0.0183. The van der Waals surface area contributed by atoms with Gasteiger partial charge < -0.3 is 0 Å². The second-order valence-corrected chi connectivity index (χ2v) is 7.83. The molecule has 0 bridgehead atoms. The summed E-state index contributed by atoms with van der Waals surface area (Å²) in [5, 5.41) is 2.95. The highest BCUT2D eigenvalue weighted by Crippen LogP contribution is 2.37. The van der Waals surface area contributed by atoms with Gasteiger partial charge in [0, 0.05) is 34.5 Å². The molecule has 0 amide bonds. The molecule has 0 unspecified atom stereocenters. The number of hydrogen-bond donors (Lipinski definition) is 1. The fourth-order valence-corrected chi connectivity index (χ4v) is 3.90. The van der Waals surface area contributed by atoms with Gasteiger partial charge in [-0.25, -0.2) is 18.3 Å². The van der Waals surface area contributed by atoms with Crippen molar-refractivity contribution >= 4 is 5.65 Å². The Morgan fingerprint density at radius 2 is 1.69 bits per heavy atom. The molecular weight excluding hydrogens is 467 g/mol. The lowest BCUT2D eigenvalue weighted by atomic mass is 10.0. The normalized spacial score (nSPS) is 11.8. The zero-order valence-electron chi connectivity index (χ0n) is 18.0. The van der Waals surface area contributed by atoms with Gasteiger partial charge in [0.25, 0.3) is 5.56 Å². The quantitative estimate of drug-likeness (QED) is 0.320. The Morgan fingerprint density at radius 1 is 0.943 bits per heavy atom. The van der Waals surface area contributed by atoms with Crippen molar-refractivity contribution in [2.24, 2.45) is 0 Å². The molecule has 5 aromatic rings. The molecule has 0 atom stereocenters. The summed E-state index contributed by atoms with van der Waals surface area (Å²) in [6, 6.07) is 13.8. The van der Waals surface area contributed by atoms with Gasteiger partial charge in [-0.3, -0.25) is 14.9 Å². The van der Waals surface area contributed by atoms with E-state index in [-0.39, 0.29) is 33.6 Å². The van der Waals surface area contributed by atoms with Crippen LogP contribution in [0.1, 0.15) is 11.3 Å². The van der Waals surface area contributed by atoms with Crippen molar-refractivity contribution in [1.29, 1.82) is 0 Å². The van der Waals surface area contributed by atoms with E-state index in [1.807, 2.05) is 0 Å². The number of nitrogens with zero attached hydrogens (tertiary/aromatic N) is 3. The summed E-state index contributed by atoms with van der Waals surface area (Å²) in [6.07, 6.45) is -3.64. The fraction of sp³-hybridized carbons (Fsp3) is 0.0800. The molecule has 3 heterocycles. The summed E-state index contributed by atoms with van der Waals surface area (Å²) >= 11 is 0. The smallest absolute Gasteiger partial charge is 0.288 e. The minimum atomic E-state index is -4.62. The molecule has 1 N–H and O–H groups in total. The van der Waals surface area contributed by atoms with E-state index < -0.39 is 29.1 Å². The Kier molecular flexibility index (Phi) is 5.23. The Morgan fingerprint density at radius 3 is 2.31 bits per heavy atom. The minimum Gasteiger partial charge on any atom is -0.288 e. The van der Waals surface area contributed by atoms with Crippen molar-refractivity contribution in [2.75, 3.05) is 0 Å². The molecule has 0 aliphatic rings. The van der Waals surface area contributed by atoms with Crippen molar-refractivity contribution in [1.82, 2.24) is 19.6 Å². The molecule has 5 rings (SSSR count). The zero-order chi connectivity index (χ0) is 24.9. The van der Waals surface area contributed by atoms with Crippen LogP contribution in [-0.4, -0.2) is 19.6 Å². The third kappa shape index (κ3) is 3.86. The first-order valence-electron chi connectivity index (χ1n) is 10.3. The highest BCUT2D eigenvalue weighted by Gasteiger charge is 2.32. The lowest BCUT2D eigenvalue weighted by Crippen LogP contribution is -2.19. The SMILES string of the molecule is Cc1c(-c2ccc(C(F)(F)F)nc2)nc2c(-c3ccc(F)cc3F)c(-c3ccccc3)[nH]n2c1=O. The average molecular weight is 482 g/mol. The fourth-order valence-electron chi connectivity index (χ4n) is 3.90. The standard InChI is InChI=1S/C25H15F5N4O/c1-13-21(15-7-10-19(31-12-15)25(28,29)30)32-23-20(17-9-8-16(26)11-18(17)27)22(33-34(23)24(13)35)14-5-3-2-4-6-14/h2-12,33H,1H3. The number of H-pyrrole nitrogens is 1. The van der Waals surface area contributed by atoms with E-state index in [9.17, 15) is 26.7 Å². The number of pyridine rings is 1. The maximum absolute atomic E-state index is 14.9. The number of halogens is 5.